The second-order valence-corrected chi connectivity index (χ2v) is 6.31. The van der Waals surface area contributed by atoms with E-state index in [1.807, 2.05) is 5.32 Å². The molecule has 4 N–H and O–H groups in total. The minimum Gasteiger partial charge on any atom is -0.467 e. The molecule has 0 aromatic rings. The molecule has 0 radical (unpaired) electrons. The van der Waals surface area contributed by atoms with Gasteiger partial charge in [0.05, 0.1) is 7.11 Å². The van der Waals surface area contributed by atoms with Crippen LogP contribution >= 0.6 is 0 Å². The lowest BCUT2D eigenvalue weighted by molar-refractivity contribution is -0.149. The Kier molecular flexibility index (Phi) is 12.1. The molecule has 0 rings (SSSR count). The van der Waals surface area contributed by atoms with Gasteiger partial charge in [-0.3, -0.25) is 19.2 Å². The van der Waals surface area contributed by atoms with Crippen molar-refractivity contribution in [3.8, 4) is 0 Å². The van der Waals surface area contributed by atoms with Crippen molar-refractivity contribution >= 4 is 29.6 Å². The molecule has 0 saturated carbocycles. The van der Waals surface area contributed by atoms with Gasteiger partial charge in [-0.2, -0.15) is 0 Å². The number of hydrogen-bond acceptors (Lipinski definition) is 6. The van der Waals surface area contributed by atoms with E-state index in [1.54, 1.807) is 0 Å². The largest absolute Gasteiger partial charge is 0.467 e. The lowest BCUT2D eigenvalue weighted by Gasteiger charge is -2.22. The van der Waals surface area contributed by atoms with E-state index in [1.165, 1.54) is 20.8 Å². The molecule has 0 aromatic heterocycles. The van der Waals surface area contributed by atoms with Crippen molar-refractivity contribution < 1.29 is 37.5 Å². The maximum absolute atomic E-state index is 12.9. The lowest BCUT2D eigenvalue weighted by atomic mass is 10.1. The molecular formula is C17H28F2N4O6. The van der Waals surface area contributed by atoms with Gasteiger partial charge in [0.25, 0.3) is 6.43 Å². The molecule has 0 fully saturated rings. The first kappa shape index (κ1) is 26.2. The van der Waals surface area contributed by atoms with E-state index in [2.05, 4.69) is 20.7 Å². The number of hydrogen-bond donors (Lipinski definition) is 4. The average Bonchev–Trinajstić information content (AvgIpc) is 2.62. The third-order valence-corrected chi connectivity index (χ3v) is 3.74. The molecule has 0 bridgehead atoms. The maximum atomic E-state index is 12.9. The maximum Gasteiger partial charge on any atom is 0.334 e. The number of unbranched alkanes of at least 4 members (excludes halogenated alkanes) is 1. The number of amides is 4. The Bertz CT molecular complexity index is 602. The molecule has 29 heavy (non-hydrogen) atoms. The van der Waals surface area contributed by atoms with E-state index >= 15 is 0 Å². The molecule has 0 aliphatic heterocycles. The second kappa shape index (κ2) is 13.4. The third-order valence-electron chi connectivity index (χ3n) is 3.74. The highest BCUT2D eigenvalue weighted by molar-refractivity contribution is 5.93. The summed E-state index contributed by atoms with van der Waals surface area (Å²) in [6.45, 7) is 4.25. The van der Waals surface area contributed by atoms with Crippen molar-refractivity contribution in [2.45, 2.75) is 64.6 Å². The highest BCUT2D eigenvalue weighted by Gasteiger charge is 2.33. The molecule has 166 valence electrons. The second-order valence-electron chi connectivity index (χ2n) is 6.31. The van der Waals surface area contributed by atoms with Gasteiger partial charge in [0.1, 0.15) is 12.1 Å². The van der Waals surface area contributed by atoms with Crippen LogP contribution in [0.25, 0.3) is 0 Å². The number of nitrogens with one attached hydrogen (secondary N) is 4. The average molecular weight is 422 g/mol. The van der Waals surface area contributed by atoms with Crippen LogP contribution in [0.15, 0.2) is 0 Å². The van der Waals surface area contributed by atoms with Crippen LogP contribution in [0.3, 0.4) is 0 Å². The normalized spacial score (nSPS) is 13.6. The summed E-state index contributed by atoms with van der Waals surface area (Å²) in [5.41, 5.74) is 0. The van der Waals surface area contributed by atoms with Crippen molar-refractivity contribution in [3.05, 3.63) is 0 Å². The first-order valence-corrected chi connectivity index (χ1v) is 8.97. The number of carbonyl (C=O) groups excluding carboxylic acids is 5. The molecule has 4 amide bonds. The van der Waals surface area contributed by atoms with Crippen LogP contribution in [0.4, 0.5) is 8.78 Å². The summed E-state index contributed by atoms with van der Waals surface area (Å²) in [4.78, 5) is 57.8. The zero-order chi connectivity index (χ0) is 22.6. The summed E-state index contributed by atoms with van der Waals surface area (Å²) in [5.74, 6) is -3.67. The summed E-state index contributed by atoms with van der Waals surface area (Å²) in [6.07, 6.45) is -1.89. The number of ether oxygens (including phenoxy) is 1. The number of halogens is 2. The smallest absolute Gasteiger partial charge is 0.334 e. The van der Waals surface area contributed by atoms with Gasteiger partial charge in [-0.25, -0.2) is 13.6 Å². The van der Waals surface area contributed by atoms with Gasteiger partial charge in [0.2, 0.25) is 23.6 Å². The van der Waals surface area contributed by atoms with E-state index in [4.69, 9.17) is 0 Å². The number of rotatable bonds is 12. The van der Waals surface area contributed by atoms with E-state index in [0.717, 1.165) is 7.11 Å². The number of carbonyl (C=O) groups is 5. The number of methoxy groups -OCH3 is 1. The molecule has 0 spiro atoms. The molecule has 0 saturated heterocycles. The summed E-state index contributed by atoms with van der Waals surface area (Å²) in [5, 5.41) is 9.17. The first-order chi connectivity index (χ1) is 13.5. The first-order valence-electron chi connectivity index (χ1n) is 8.97. The lowest BCUT2D eigenvalue weighted by Crippen LogP contribution is -2.56. The zero-order valence-corrected chi connectivity index (χ0v) is 16.8. The van der Waals surface area contributed by atoms with Crippen molar-refractivity contribution in [1.82, 2.24) is 21.3 Å². The summed E-state index contributed by atoms with van der Waals surface area (Å²) in [6, 6.07) is -4.36. The van der Waals surface area contributed by atoms with Crippen LogP contribution in [0.2, 0.25) is 0 Å². The van der Waals surface area contributed by atoms with Crippen molar-refractivity contribution in [2.24, 2.45) is 0 Å². The number of esters is 1. The summed E-state index contributed by atoms with van der Waals surface area (Å²) in [7, 11) is 0.902. The van der Waals surface area contributed by atoms with Gasteiger partial charge in [-0.1, -0.05) is 0 Å². The zero-order valence-electron chi connectivity index (χ0n) is 16.8. The predicted octanol–water partition coefficient (Wildman–Crippen LogP) is -0.775. The van der Waals surface area contributed by atoms with Gasteiger partial charge in [0, 0.05) is 20.4 Å². The highest BCUT2D eigenvalue weighted by atomic mass is 19.3. The SMILES string of the molecule is COC(=O)[C@H](NC(=O)[C@@H](C)NC(=O)[C@H](CCCCNC(C)=O)NC(C)=O)C(F)F. The molecule has 0 aliphatic rings. The van der Waals surface area contributed by atoms with Gasteiger partial charge in [-0.05, 0) is 26.2 Å². The fourth-order valence-electron chi connectivity index (χ4n) is 2.26. The Morgan fingerprint density at radius 3 is 2.00 bits per heavy atom. The van der Waals surface area contributed by atoms with Crippen LogP contribution < -0.4 is 21.3 Å². The van der Waals surface area contributed by atoms with Gasteiger partial charge >= 0.3 is 5.97 Å². The predicted molar refractivity (Wildman–Crippen MR) is 97.7 cm³/mol. The molecule has 0 aliphatic carbocycles. The Labute approximate surface area is 167 Å². The number of alkyl halides is 2. The molecule has 0 aromatic carbocycles. The minimum absolute atomic E-state index is 0.185. The standard InChI is InChI=1S/C17H28F2N4O6/c1-9(15(26)23-13(14(18)19)17(28)29-4)21-16(27)12(22-11(3)25)7-5-6-8-20-10(2)24/h9,12-14H,5-8H2,1-4H3,(H,20,24)(H,21,27)(H,22,25)(H,23,26)/t9-,12+,13-/m1/s1. The van der Waals surface area contributed by atoms with E-state index in [9.17, 15) is 32.8 Å². The molecule has 12 heteroatoms. The quantitative estimate of drug-likeness (QED) is 0.240. The molecular weight excluding hydrogens is 394 g/mol. The van der Waals surface area contributed by atoms with Crippen LogP contribution in [-0.4, -0.2) is 67.8 Å². The van der Waals surface area contributed by atoms with E-state index in [0.29, 0.717) is 19.4 Å². The Hall–Kier alpha value is -2.79. The van der Waals surface area contributed by atoms with Crippen LogP contribution in [-0.2, 0) is 28.7 Å². The fourth-order valence-corrected chi connectivity index (χ4v) is 2.26. The summed E-state index contributed by atoms with van der Waals surface area (Å²) < 4.78 is 29.9. The van der Waals surface area contributed by atoms with Crippen LogP contribution in [0.5, 0.6) is 0 Å². The molecule has 10 nitrogen and oxygen atoms in total. The van der Waals surface area contributed by atoms with Crippen LogP contribution in [0, 0.1) is 0 Å². The Morgan fingerprint density at radius 1 is 0.897 bits per heavy atom. The molecule has 0 heterocycles. The molecule has 0 unspecified atom stereocenters. The minimum atomic E-state index is -3.19. The van der Waals surface area contributed by atoms with Gasteiger partial charge in [-0.15, -0.1) is 0 Å². The topological polar surface area (TPSA) is 143 Å². The highest BCUT2D eigenvalue weighted by Crippen LogP contribution is 2.05. The van der Waals surface area contributed by atoms with Crippen LogP contribution in [0.1, 0.15) is 40.0 Å². The van der Waals surface area contributed by atoms with Crippen molar-refractivity contribution in [2.75, 3.05) is 13.7 Å². The van der Waals surface area contributed by atoms with Crippen molar-refractivity contribution in [3.63, 3.8) is 0 Å². The third kappa shape index (κ3) is 11.0. The fraction of sp³-hybridized carbons (Fsp3) is 0.706. The Morgan fingerprint density at radius 2 is 1.52 bits per heavy atom. The Balaban J connectivity index is 4.78. The van der Waals surface area contributed by atoms with Gasteiger partial charge in [0.15, 0.2) is 6.04 Å². The van der Waals surface area contributed by atoms with Gasteiger partial charge < -0.3 is 26.0 Å². The van der Waals surface area contributed by atoms with E-state index < -0.39 is 48.2 Å². The van der Waals surface area contributed by atoms with E-state index in [-0.39, 0.29) is 12.3 Å². The van der Waals surface area contributed by atoms with Crippen molar-refractivity contribution in [1.29, 1.82) is 0 Å². The monoisotopic (exact) mass is 422 g/mol. The molecule has 3 atom stereocenters. The summed E-state index contributed by atoms with van der Waals surface area (Å²) >= 11 is 0.